The number of amides is 1. The molecule has 0 saturated carbocycles. The van der Waals surface area contributed by atoms with E-state index >= 15 is 0 Å². The summed E-state index contributed by atoms with van der Waals surface area (Å²) in [5.41, 5.74) is 2.25. The van der Waals surface area contributed by atoms with Crippen molar-refractivity contribution in [1.82, 2.24) is 4.90 Å². The fraction of sp³-hybridized carbons (Fsp3) is 0.367. The van der Waals surface area contributed by atoms with E-state index in [2.05, 4.69) is 23.2 Å². The normalized spacial score (nSPS) is 14.3. The maximum Gasteiger partial charge on any atom is 0.255 e. The standard InChI is InChI=1S/C30H35N2O4/c1-4-5-18-32-19-16-26(17-20-32)35-27-15-10-23(21-22(27)2)30(33)31-24-11-13-25(14-12-24)36-29-9-7-6-8-28(29)34-3/h7-15,21,26H,4-5,16-20H2,1-3H3,(H,31,33). The van der Waals surface area contributed by atoms with Crippen molar-refractivity contribution < 1.29 is 19.0 Å². The van der Waals surface area contributed by atoms with Crippen LogP contribution in [0.2, 0.25) is 0 Å². The summed E-state index contributed by atoms with van der Waals surface area (Å²) >= 11 is 0. The van der Waals surface area contributed by atoms with Gasteiger partial charge in [-0.2, -0.15) is 0 Å². The van der Waals surface area contributed by atoms with Crippen molar-refractivity contribution in [2.24, 2.45) is 0 Å². The quantitative estimate of drug-likeness (QED) is 0.354. The van der Waals surface area contributed by atoms with Crippen molar-refractivity contribution in [2.75, 3.05) is 32.1 Å². The first-order valence-corrected chi connectivity index (χ1v) is 12.7. The van der Waals surface area contributed by atoms with E-state index in [9.17, 15) is 4.79 Å². The van der Waals surface area contributed by atoms with Gasteiger partial charge in [0.15, 0.2) is 11.5 Å². The first-order valence-electron chi connectivity index (χ1n) is 12.7. The molecule has 1 radical (unpaired) electrons. The van der Waals surface area contributed by atoms with E-state index < -0.39 is 0 Å². The number of nitrogens with one attached hydrogen (secondary N) is 1. The number of piperidine rings is 1. The topological polar surface area (TPSA) is 60.0 Å². The molecule has 1 fully saturated rings. The fourth-order valence-electron chi connectivity index (χ4n) is 4.32. The lowest BCUT2D eigenvalue weighted by molar-refractivity contribution is 0.0991. The highest BCUT2D eigenvalue weighted by atomic mass is 16.5. The molecule has 3 aromatic carbocycles. The summed E-state index contributed by atoms with van der Waals surface area (Å²) in [6.45, 7) is 7.58. The van der Waals surface area contributed by atoms with Crippen molar-refractivity contribution >= 4 is 11.6 Å². The SMILES string of the molecule is CCCCN1CCC(Oc2ccc(C(=O)Nc3ccc(Oc4cc[c]cc4OC)cc3)cc2C)CC1. The van der Waals surface area contributed by atoms with Crippen molar-refractivity contribution in [1.29, 1.82) is 0 Å². The van der Waals surface area contributed by atoms with Crippen LogP contribution in [0.4, 0.5) is 5.69 Å². The van der Waals surface area contributed by atoms with E-state index in [1.807, 2.05) is 49.4 Å². The number of anilines is 1. The van der Waals surface area contributed by atoms with Crippen molar-refractivity contribution in [2.45, 2.75) is 45.6 Å². The van der Waals surface area contributed by atoms with Gasteiger partial charge in [-0.15, -0.1) is 0 Å². The van der Waals surface area contributed by atoms with Gasteiger partial charge in [0.25, 0.3) is 5.91 Å². The first-order chi connectivity index (χ1) is 17.6. The Bertz CT molecular complexity index is 1140. The zero-order valence-electron chi connectivity index (χ0n) is 21.4. The molecular formula is C30H35N2O4. The number of carbonyl (C=O) groups excluding carboxylic acids is 1. The second-order valence-corrected chi connectivity index (χ2v) is 9.15. The third-order valence-electron chi connectivity index (χ3n) is 6.44. The van der Waals surface area contributed by atoms with Crippen LogP contribution in [0.1, 0.15) is 48.5 Å². The van der Waals surface area contributed by atoms with Crippen molar-refractivity contribution in [3.63, 3.8) is 0 Å². The molecule has 4 rings (SSSR count). The van der Waals surface area contributed by atoms with Crippen LogP contribution in [0, 0.1) is 13.0 Å². The van der Waals surface area contributed by atoms with Crippen LogP contribution < -0.4 is 19.5 Å². The monoisotopic (exact) mass is 487 g/mol. The number of rotatable bonds is 10. The Labute approximate surface area is 214 Å². The molecular weight excluding hydrogens is 452 g/mol. The summed E-state index contributed by atoms with van der Waals surface area (Å²) in [6.07, 6.45) is 4.81. The van der Waals surface area contributed by atoms with E-state index in [0.29, 0.717) is 28.5 Å². The van der Waals surface area contributed by atoms with Gasteiger partial charge < -0.3 is 24.4 Å². The second-order valence-electron chi connectivity index (χ2n) is 9.15. The molecule has 1 heterocycles. The van der Waals surface area contributed by atoms with Crippen LogP contribution in [0.3, 0.4) is 0 Å². The summed E-state index contributed by atoms with van der Waals surface area (Å²) in [5.74, 6) is 2.55. The van der Waals surface area contributed by atoms with Gasteiger partial charge in [0, 0.05) is 24.3 Å². The van der Waals surface area contributed by atoms with Gasteiger partial charge in [-0.3, -0.25) is 4.79 Å². The summed E-state index contributed by atoms with van der Waals surface area (Å²) in [6, 6.07) is 21.1. The predicted octanol–water partition coefficient (Wildman–Crippen LogP) is 6.49. The summed E-state index contributed by atoms with van der Waals surface area (Å²) < 4.78 is 17.5. The van der Waals surface area contributed by atoms with Crippen LogP contribution in [0.25, 0.3) is 0 Å². The van der Waals surface area contributed by atoms with Crippen LogP contribution in [0.5, 0.6) is 23.0 Å². The number of likely N-dealkylation sites (tertiary alicyclic amines) is 1. The Morgan fingerprint density at radius 2 is 1.83 bits per heavy atom. The lowest BCUT2D eigenvalue weighted by atomic mass is 10.1. The number of unbranched alkanes of at least 4 members (excludes halogenated alkanes) is 1. The largest absolute Gasteiger partial charge is 0.493 e. The fourth-order valence-corrected chi connectivity index (χ4v) is 4.32. The summed E-state index contributed by atoms with van der Waals surface area (Å²) in [5, 5.41) is 2.95. The third kappa shape index (κ3) is 6.79. The third-order valence-corrected chi connectivity index (χ3v) is 6.44. The average molecular weight is 488 g/mol. The van der Waals surface area contributed by atoms with Gasteiger partial charge in [-0.1, -0.05) is 19.4 Å². The molecule has 1 saturated heterocycles. The van der Waals surface area contributed by atoms with Gasteiger partial charge in [0.05, 0.1) is 7.11 Å². The Hall–Kier alpha value is -3.51. The highest BCUT2D eigenvalue weighted by Gasteiger charge is 2.21. The first kappa shape index (κ1) is 25.6. The maximum absolute atomic E-state index is 12.8. The Morgan fingerprint density at radius 3 is 2.53 bits per heavy atom. The molecule has 0 atom stereocenters. The van der Waals surface area contributed by atoms with E-state index in [0.717, 1.165) is 37.2 Å². The number of nitrogens with zero attached hydrogens (tertiary/aromatic N) is 1. The lowest BCUT2D eigenvalue weighted by Crippen LogP contribution is -2.38. The number of benzene rings is 3. The van der Waals surface area contributed by atoms with Gasteiger partial charge in [0.2, 0.25) is 0 Å². The smallest absolute Gasteiger partial charge is 0.255 e. The van der Waals surface area contributed by atoms with Crippen LogP contribution in [0.15, 0.2) is 60.7 Å². The summed E-state index contributed by atoms with van der Waals surface area (Å²) in [7, 11) is 1.59. The number of carbonyl (C=O) groups is 1. The second kappa shape index (κ2) is 12.5. The molecule has 0 aromatic heterocycles. The predicted molar refractivity (Wildman–Crippen MR) is 142 cm³/mol. The number of hydrogen-bond acceptors (Lipinski definition) is 5. The molecule has 6 heteroatoms. The van der Waals surface area contributed by atoms with Crippen LogP contribution >= 0.6 is 0 Å². The van der Waals surface area contributed by atoms with Gasteiger partial charge in [-0.05, 0) is 99.0 Å². The van der Waals surface area contributed by atoms with Gasteiger partial charge in [-0.25, -0.2) is 0 Å². The minimum absolute atomic E-state index is 0.164. The molecule has 0 aliphatic carbocycles. The molecule has 0 spiro atoms. The van der Waals surface area contributed by atoms with Crippen LogP contribution in [-0.2, 0) is 0 Å². The molecule has 0 unspecified atom stereocenters. The highest BCUT2D eigenvalue weighted by Crippen LogP contribution is 2.31. The number of methoxy groups -OCH3 is 1. The lowest BCUT2D eigenvalue weighted by Gasteiger charge is -2.32. The highest BCUT2D eigenvalue weighted by molar-refractivity contribution is 6.04. The number of hydrogen-bond donors (Lipinski definition) is 1. The van der Waals surface area contributed by atoms with Gasteiger partial charge in [0.1, 0.15) is 17.6 Å². The van der Waals surface area contributed by atoms with Gasteiger partial charge >= 0.3 is 0 Å². The molecule has 189 valence electrons. The molecule has 36 heavy (non-hydrogen) atoms. The molecule has 1 amide bonds. The maximum atomic E-state index is 12.8. The van der Waals surface area contributed by atoms with E-state index in [1.54, 1.807) is 25.3 Å². The molecule has 1 N–H and O–H groups in total. The minimum atomic E-state index is -0.164. The number of aryl methyl sites for hydroxylation is 1. The van der Waals surface area contributed by atoms with E-state index in [4.69, 9.17) is 14.2 Å². The Balaban J connectivity index is 1.31. The summed E-state index contributed by atoms with van der Waals surface area (Å²) in [4.78, 5) is 15.4. The Morgan fingerprint density at radius 1 is 1.06 bits per heavy atom. The molecule has 3 aromatic rings. The molecule has 1 aliphatic heterocycles. The molecule has 6 nitrogen and oxygen atoms in total. The van der Waals surface area contributed by atoms with Crippen molar-refractivity contribution in [3.05, 3.63) is 77.9 Å². The zero-order valence-corrected chi connectivity index (χ0v) is 21.4. The molecule has 1 aliphatic rings. The molecule has 0 bridgehead atoms. The van der Waals surface area contributed by atoms with E-state index in [1.165, 1.54) is 19.4 Å². The van der Waals surface area contributed by atoms with Crippen molar-refractivity contribution in [3.8, 4) is 23.0 Å². The minimum Gasteiger partial charge on any atom is -0.493 e. The Kier molecular flexibility index (Phi) is 8.85. The average Bonchev–Trinajstić information content (AvgIpc) is 2.90. The van der Waals surface area contributed by atoms with Crippen LogP contribution in [-0.4, -0.2) is 43.7 Å². The number of ether oxygens (including phenoxy) is 3. The zero-order chi connectivity index (χ0) is 25.3. The van der Waals surface area contributed by atoms with E-state index in [-0.39, 0.29) is 12.0 Å².